The monoisotopic (exact) mass is 174 g/mol. The van der Waals surface area contributed by atoms with Crippen molar-refractivity contribution in [2.75, 3.05) is 11.9 Å². The molecule has 0 bridgehead atoms. The van der Waals surface area contributed by atoms with Gasteiger partial charge in [-0.3, -0.25) is 0 Å². The molecule has 3 N–H and O–H groups in total. The summed E-state index contributed by atoms with van der Waals surface area (Å²) in [5, 5.41) is 3.36. The van der Waals surface area contributed by atoms with Gasteiger partial charge in [0.15, 0.2) is 0 Å². The Morgan fingerprint density at radius 1 is 1.46 bits per heavy atom. The van der Waals surface area contributed by atoms with E-state index in [4.69, 9.17) is 5.73 Å². The van der Waals surface area contributed by atoms with Crippen molar-refractivity contribution >= 4 is 11.4 Å². The maximum absolute atomic E-state index is 5.89. The molecule has 2 rings (SSSR count). The molecule has 0 fully saturated rings. The van der Waals surface area contributed by atoms with Crippen molar-refractivity contribution in [3.05, 3.63) is 35.4 Å². The van der Waals surface area contributed by atoms with Gasteiger partial charge >= 0.3 is 0 Å². The summed E-state index contributed by atoms with van der Waals surface area (Å²) < 4.78 is 0. The Morgan fingerprint density at radius 3 is 3.08 bits per heavy atom. The Balaban J connectivity index is 2.57. The van der Waals surface area contributed by atoms with Gasteiger partial charge in [0.1, 0.15) is 0 Å². The molecule has 68 valence electrons. The van der Waals surface area contributed by atoms with Gasteiger partial charge in [0, 0.05) is 23.5 Å². The number of para-hydroxylation sites is 1. The largest absolute Gasteiger partial charge is 0.398 e. The van der Waals surface area contributed by atoms with E-state index >= 15 is 0 Å². The Labute approximate surface area is 78.5 Å². The highest BCUT2D eigenvalue weighted by atomic mass is 14.9. The predicted molar refractivity (Wildman–Crippen MR) is 56.5 cm³/mol. The lowest BCUT2D eigenvalue weighted by molar-refractivity contribution is 1.12. The molecule has 0 aromatic heterocycles. The number of rotatable bonds is 1. The van der Waals surface area contributed by atoms with Crippen LogP contribution in [0, 0.1) is 0 Å². The fraction of sp³-hybridized carbons (Fsp3) is 0.273. The molecule has 2 nitrogen and oxygen atoms in total. The Morgan fingerprint density at radius 2 is 2.31 bits per heavy atom. The van der Waals surface area contributed by atoms with Crippen LogP contribution in [0.15, 0.2) is 24.3 Å². The molecule has 2 heteroatoms. The number of fused-ring (bicyclic) bond motifs is 1. The Kier molecular flexibility index (Phi) is 1.97. The minimum absolute atomic E-state index is 0.843. The lowest BCUT2D eigenvalue weighted by atomic mass is 10.0. The first kappa shape index (κ1) is 8.17. The summed E-state index contributed by atoms with van der Waals surface area (Å²) in [5.74, 6) is 0. The molecular formula is C11H14N2. The number of aryl methyl sites for hydroxylation is 1. The lowest BCUT2D eigenvalue weighted by Crippen LogP contribution is -2.13. The Hall–Kier alpha value is -1.44. The van der Waals surface area contributed by atoms with Gasteiger partial charge in [-0.05, 0) is 18.1 Å². The third-order valence-electron chi connectivity index (χ3n) is 2.44. The van der Waals surface area contributed by atoms with E-state index in [1.165, 1.54) is 11.3 Å². The van der Waals surface area contributed by atoms with E-state index in [9.17, 15) is 0 Å². The summed E-state index contributed by atoms with van der Waals surface area (Å²) in [4.78, 5) is 0. The van der Waals surface area contributed by atoms with Crippen molar-refractivity contribution in [3.63, 3.8) is 0 Å². The third kappa shape index (κ3) is 1.28. The van der Waals surface area contributed by atoms with Crippen LogP contribution in [0.2, 0.25) is 0 Å². The zero-order chi connectivity index (χ0) is 9.26. The topological polar surface area (TPSA) is 38.0 Å². The van der Waals surface area contributed by atoms with E-state index in [1.54, 1.807) is 0 Å². The molecule has 0 saturated heterocycles. The van der Waals surface area contributed by atoms with E-state index in [0.717, 1.165) is 24.2 Å². The highest BCUT2D eigenvalue weighted by Gasteiger charge is 2.11. The molecular weight excluding hydrogens is 160 g/mol. The zero-order valence-corrected chi connectivity index (χ0v) is 7.80. The van der Waals surface area contributed by atoms with Crippen molar-refractivity contribution in [1.82, 2.24) is 0 Å². The van der Waals surface area contributed by atoms with Crippen LogP contribution >= 0.6 is 0 Å². The number of benzene rings is 1. The van der Waals surface area contributed by atoms with Gasteiger partial charge in [-0.15, -0.1) is 0 Å². The van der Waals surface area contributed by atoms with Crippen LogP contribution in [0.1, 0.15) is 18.1 Å². The first-order valence-electron chi connectivity index (χ1n) is 4.64. The van der Waals surface area contributed by atoms with Gasteiger partial charge in [-0.2, -0.15) is 0 Å². The van der Waals surface area contributed by atoms with E-state index in [-0.39, 0.29) is 0 Å². The van der Waals surface area contributed by atoms with Gasteiger partial charge in [0.25, 0.3) is 0 Å². The first-order valence-corrected chi connectivity index (χ1v) is 4.64. The predicted octanol–water partition coefficient (Wildman–Crippen LogP) is 1.97. The van der Waals surface area contributed by atoms with Gasteiger partial charge < -0.3 is 11.1 Å². The van der Waals surface area contributed by atoms with Gasteiger partial charge in [-0.1, -0.05) is 25.1 Å². The summed E-state index contributed by atoms with van der Waals surface area (Å²) in [6, 6.07) is 6.27. The van der Waals surface area contributed by atoms with Gasteiger partial charge in [0.2, 0.25) is 0 Å². The SMILES string of the molecule is CCc1cccc2c1NCC=C2N. The second-order valence-corrected chi connectivity index (χ2v) is 3.23. The van der Waals surface area contributed by atoms with Crippen LogP contribution in [-0.2, 0) is 6.42 Å². The molecule has 0 unspecified atom stereocenters. The highest BCUT2D eigenvalue weighted by molar-refractivity contribution is 5.79. The van der Waals surface area contributed by atoms with Crippen LogP contribution in [0.3, 0.4) is 0 Å². The smallest absolute Gasteiger partial charge is 0.0469 e. The minimum atomic E-state index is 0.843. The van der Waals surface area contributed by atoms with Crippen LogP contribution in [-0.4, -0.2) is 6.54 Å². The molecule has 13 heavy (non-hydrogen) atoms. The van der Waals surface area contributed by atoms with Gasteiger partial charge in [-0.25, -0.2) is 0 Å². The van der Waals surface area contributed by atoms with E-state index in [2.05, 4.69) is 30.4 Å². The average molecular weight is 174 g/mol. The number of nitrogens with two attached hydrogens (primary N) is 1. The fourth-order valence-corrected chi connectivity index (χ4v) is 1.72. The molecule has 1 aromatic carbocycles. The fourth-order valence-electron chi connectivity index (χ4n) is 1.72. The normalized spacial score (nSPS) is 14.4. The number of nitrogens with one attached hydrogen (secondary N) is 1. The number of hydrogen-bond donors (Lipinski definition) is 2. The van der Waals surface area contributed by atoms with Crippen molar-refractivity contribution in [3.8, 4) is 0 Å². The van der Waals surface area contributed by atoms with Crippen LogP contribution in [0.25, 0.3) is 5.70 Å². The van der Waals surface area contributed by atoms with Crippen molar-refractivity contribution in [2.45, 2.75) is 13.3 Å². The van der Waals surface area contributed by atoms with Crippen molar-refractivity contribution < 1.29 is 0 Å². The van der Waals surface area contributed by atoms with E-state index in [1.807, 2.05) is 6.08 Å². The second kappa shape index (κ2) is 3.13. The third-order valence-corrected chi connectivity index (χ3v) is 2.44. The molecule has 0 amide bonds. The first-order chi connectivity index (χ1) is 6.33. The summed E-state index contributed by atoms with van der Waals surface area (Å²) in [7, 11) is 0. The zero-order valence-electron chi connectivity index (χ0n) is 7.80. The quantitative estimate of drug-likeness (QED) is 0.683. The van der Waals surface area contributed by atoms with Crippen LogP contribution in [0.5, 0.6) is 0 Å². The summed E-state index contributed by atoms with van der Waals surface area (Å²) in [5.41, 5.74) is 10.5. The van der Waals surface area contributed by atoms with Gasteiger partial charge in [0.05, 0.1) is 0 Å². The summed E-state index contributed by atoms with van der Waals surface area (Å²) >= 11 is 0. The van der Waals surface area contributed by atoms with Crippen LogP contribution < -0.4 is 11.1 Å². The molecule has 0 atom stereocenters. The van der Waals surface area contributed by atoms with Crippen molar-refractivity contribution in [1.29, 1.82) is 0 Å². The van der Waals surface area contributed by atoms with Crippen LogP contribution in [0.4, 0.5) is 5.69 Å². The molecule has 1 heterocycles. The highest BCUT2D eigenvalue weighted by Crippen LogP contribution is 2.28. The van der Waals surface area contributed by atoms with E-state index in [0.29, 0.717) is 0 Å². The summed E-state index contributed by atoms with van der Waals surface area (Å²) in [6.45, 7) is 3.00. The second-order valence-electron chi connectivity index (χ2n) is 3.23. The van der Waals surface area contributed by atoms with Crippen molar-refractivity contribution in [2.24, 2.45) is 5.73 Å². The molecule has 1 aliphatic rings. The average Bonchev–Trinajstić information content (AvgIpc) is 2.18. The summed E-state index contributed by atoms with van der Waals surface area (Å²) in [6.07, 6.45) is 3.06. The number of hydrogen-bond acceptors (Lipinski definition) is 2. The standard InChI is InChI=1S/C11H14N2/c1-2-8-4-3-5-9-10(12)6-7-13-11(8)9/h3-6,13H,2,7,12H2,1H3. The van der Waals surface area contributed by atoms with E-state index < -0.39 is 0 Å². The molecule has 1 aromatic rings. The molecule has 0 saturated carbocycles. The minimum Gasteiger partial charge on any atom is -0.398 e. The maximum atomic E-state index is 5.89. The Bertz CT molecular complexity index is 353. The lowest BCUT2D eigenvalue weighted by Gasteiger charge is -2.19. The molecule has 0 radical (unpaired) electrons. The molecule has 0 spiro atoms. The molecule has 0 aliphatic carbocycles. The maximum Gasteiger partial charge on any atom is 0.0469 e. The number of anilines is 1. The molecule has 1 aliphatic heterocycles.